The van der Waals surface area contributed by atoms with E-state index >= 15 is 0 Å². The third-order valence-electron chi connectivity index (χ3n) is 6.31. The summed E-state index contributed by atoms with van der Waals surface area (Å²) in [6.07, 6.45) is -1.55. The minimum absolute atomic E-state index is 0.0310. The first-order valence-electron chi connectivity index (χ1n) is 11.9. The van der Waals surface area contributed by atoms with Crippen LogP contribution < -0.4 is 15.8 Å². The van der Waals surface area contributed by atoms with Gasteiger partial charge in [-0.3, -0.25) is 14.3 Å². The largest absolute Gasteiger partial charge is 0.479 e. The summed E-state index contributed by atoms with van der Waals surface area (Å²) in [5, 5.41) is 6.70. The number of anilines is 1. The highest BCUT2D eigenvalue weighted by Crippen LogP contribution is 2.43. The van der Waals surface area contributed by atoms with Crippen molar-refractivity contribution in [2.75, 3.05) is 5.32 Å². The smallest absolute Gasteiger partial charge is 0.291 e. The lowest BCUT2D eigenvalue weighted by Crippen LogP contribution is -2.16. The van der Waals surface area contributed by atoms with Crippen LogP contribution >= 0.6 is 11.3 Å². The number of alkyl halides is 2. The van der Waals surface area contributed by atoms with Gasteiger partial charge in [-0.1, -0.05) is 0 Å². The fraction of sp³-hybridized carbons (Fsp3) is 0.154. The lowest BCUT2D eigenvalue weighted by molar-refractivity contribution is 0.0992. The van der Waals surface area contributed by atoms with Gasteiger partial charge in [0.05, 0.1) is 11.9 Å². The number of primary amides is 1. The van der Waals surface area contributed by atoms with E-state index in [2.05, 4.69) is 15.4 Å². The molecule has 0 saturated carbocycles. The lowest BCUT2D eigenvalue weighted by Gasteiger charge is -2.10. The Morgan fingerprint density at radius 3 is 2.30 bits per heavy atom. The number of hydrogen-bond donors (Lipinski definition) is 2. The average Bonchev–Trinajstić information content (AvgIpc) is 3.68. The number of aromatic nitrogens is 3. The predicted molar refractivity (Wildman–Crippen MR) is 137 cm³/mol. The molecule has 0 fully saturated rings. The number of ether oxygens (including phenoxy) is 1. The van der Waals surface area contributed by atoms with Crippen LogP contribution in [-0.4, -0.2) is 26.6 Å². The molecule has 9 nitrogen and oxygen atoms in total. The third-order valence-corrected chi connectivity index (χ3v) is 7.41. The second kappa shape index (κ2) is 11.0. The third kappa shape index (κ3) is 5.15. The topological polar surface area (TPSA) is 125 Å². The van der Waals surface area contributed by atoms with Crippen LogP contribution in [0.5, 0.6) is 5.75 Å². The van der Waals surface area contributed by atoms with Crippen molar-refractivity contribution in [2.45, 2.75) is 20.0 Å². The van der Waals surface area contributed by atoms with Gasteiger partial charge in [0.15, 0.2) is 11.5 Å². The SMILES string of the molecule is Cc1c(-c2cc(C(F)F)nc3sc(C(N)=O)c(NC(=O)c4ccc(COc5c(F)c(F)c(F)c(F)c5F)o4)c23)cnn1C. The number of nitrogens with two attached hydrogens (primary N) is 1. The Hall–Kier alpha value is -4.93. The van der Waals surface area contributed by atoms with Crippen LogP contribution in [0.4, 0.5) is 36.4 Å². The number of rotatable bonds is 8. The number of furan rings is 1. The van der Waals surface area contributed by atoms with Crippen LogP contribution in [0, 0.1) is 36.0 Å². The Morgan fingerprint density at radius 1 is 1.07 bits per heavy atom. The van der Waals surface area contributed by atoms with Crippen LogP contribution in [0.1, 0.15) is 43.8 Å². The van der Waals surface area contributed by atoms with Crippen molar-refractivity contribution in [1.29, 1.82) is 0 Å². The quantitative estimate of drug-likeness (QED) is 0.121. The summed E-state index contributed by atoms with van der Waals surface area (Å²) in [7, 11) is 1.63. The van der Waals surface area contributed by atoms with Crippen molar-refractivity contribution in [2.24, 2.45) is 12.8 Å². The van der Waals surface area contributed by atoms with E-state index in [4.69, 9.17) is 14.9 Å². The fourth-order valence-corrected chi connectivity index (χ4v) is 5.12. The molecule has 5 rings (SSSR count). The molecule has 0 radical (unpaired) electrons. The highest BCUT2D eigenvalue weighted by molar-refractivity contribution is 7.21. The van der Waals surface area contributed by atoms with Crippen molar-refractivity contribution in [3.05, 3.63) is 81.3 Å². The summed E-state index contributed by atoms with van der Waals surface area (Å²) in [4.78, 5) is 29.1. The van der Waals surface area contributed by atoms with Crippen molar-refractivity contribution >= 4 is 39.1 Å². The average molecular weight is 627 g/mol. The number of carbonyl (C=O) groups is 2. The number of hydrogen-bond acceptors (Lipinski definition) is 7. The number of benzene rings is 1. The summed E-state index contributed by atoms with van der Waals surface area (Å²) in [6, 6.07) is 3.33. The predicted octanol–water partition coefficient (Wildman–Crippen LogP) is 6.16. The maximum atomic E-state index is 13.9. The zero-order chi connectivity index (χ0) is 31.3. The molecule has 0 saturated heterocycles. The van der Waals surface area contributed by atoms with Gasteiger partial charge < -0.3 is 20.2 Å². The Balaban J connectivity index is 1.50. The summed E-state index contributed by atoms with van der Waals surface area (Å²) >= 11 is 0.669. The first kappa shape index (κ1) is 29.6. The number of halogens is 7. The summed E-state index contributed by atoms with van der Waals surface area (Å²) < 4.78 is 107. The molecule has 224 valence electrons. The van der Waals surface area contributed by atoms with Crippen LogP contribution in [0.15, 0.2) is 28.8 Å². The number of nitrogens with zero attached hydrogens (tertiary/aromatic N) is 3. The number of nitrogens with one attached hydrogen (secondary N) is 1. The second-order valence-corrected chi connectivity index (χ2v) is 9.92. The van der Waals surface area contributed by atoms with Crippen LogP contribution in [-0.2, 0) is 13.7 Å². The summed E-state index contributed by atoms with van der Waals surface area (Å²) in [5.41, 5.74) is 5.93. The Kier molecular flexibility index (Phi) is 7.59. The highest BCUT2D eigenvalue weighted by atomic mass is 32.1. The minimum Gasteiger partial charge on any atom is -0.479 e. The molecule has 17 heteroatoms. The van der Waals surface area contributed by atoms with Crippen molar-refractivity contribution in [3.8, 4) is 16.9 Å². The molecule has 43 heavy (non-hydrogen) atoms. The van der Waals surface area contributed by atoms with Gasteiger partial charge in [-0.05, 0) is 30.7 Å². The molecule has 0 spiro atoms. The van der Waals surface area contributed by atoms with Gasteiger partial charge in [-0.25, -0.2) is 26.9 Å². The van der Waals surface area contributed by atoms with Gasteiger partial charge in [0.1, 0.15) is 27.8 Å². The minimum atomic E-state index is -2.97. The number of amides is 2. The molecule has 0 aliphatic carbocycles. The highest BCUT2D eigenvalue weighted by Gasteiger charge is 2.29. The van der Waals surface area contributed by atoms with Gasteiger partial charge in [0.2, 0.25) is 29.1 Å². The van der Waals surface area contributed by atoms with E-state index in [0.29, 0.717) is 22.6 Å². The lowest BCUT2D eigenvalue weighted by atomic mass is 10.0. The van der Waals surface area contributed by atoms with E-state index in [9.17, 15) is 40.3 Å². The molecule has 3 N–H and O–H groups in total. The van der Waals surface area contributed by atoms with Gasteiger partial charge in [-0.15, -0.1) is 11.3 Å². The number of pyridine rings is 1. The van der Waals surface area contributed by atoms with E-state index in [1.165, 1.54) is 10.9 Å². The van der Waals surface area contributed by atoms with Crippen molar-refractivity contribution in [1.82, 2.24) is 14.8 Å². The van der Waals surface area contributed by atoms with Crippen LogP contribution in [0.2, 0.25) is 0 Å². The molecule has 0 aliphatic heterocycles. The van der Waals surface area contributed by atoms with Gasteiger partial charge >= 0.3 is 0 Å². The number of fused-ring (bicyclic) bond motifs is 1. The molecule has 2 amide bonds. The molecule has 1 aromatic carbocycles. The summed E-state index contributed by atoms with van der Waals surface area (Å²) in [6.45, 7) is 0.833. The van der Waals surface area contributed by atoms with Gasteiger partial charge in [-0.2, -0.15) is 13.9 Å². The zero-order valence-corrected chi connectivity index (χ0v) is 22.5. The van der Waals surface area contributed by atoms with Crippen molar-refractivity contribution in [3.63, 3.8) is 0 Å². The Morgan fingerprint density at radius 2 is 1.72 bits per heavy atom. The van der Waals surface area contributed by atoms with E-state index in [-0.39, 0.29) is 32.1 Å². The molecular formula is C26H16F7N5O4S. The van der Waals surface area contributed by atoms with Gasteiger partial charge in [0, 0.05) is 23.7 Å². The van der Waals surface area contributed by atoms with Crippen LogP contribution in [0.3, 0.4) is 0 Å². The normalized spacial score (nSPS) is 11.5. The van der Waals surface area contributed by atoms with E-state index in [1.807, 2.05) is 0 Å². The molecule has 0 bridgehead atoms. The molecule has 0 atom stereocenters. The first-order valence-corrected chi connectivity index (χ1v) is 12.7. The number of thiophene rings is 1. The van der Waals surface area contributed by atoms with E-state index in [0.717, 1.165) is 18.2 Å². The fourth-order valence-electron chi connectivity index (χ4n) is 4.10. The molecule has 0 unspecified atom stereocenters. The van der Waals surface area contributed by atoms with E-state index < -0.39 is 71.1 Å². The number of aryl methyl sites for hydroxylation is 1. The Labute approximate surface area is 239 Å². The second-order valence-electron chi connectivity index (χ2n) is 8.92. The zero-order valence-electron chi connectivity index (χ0n) is 21.7. The van der Waals surface area contributed by atoms with Crippen LogP contribution in [0.25, 0.3) is 21.3 Å². The van der Waals surface area contributed by atoms with Gasteiger partial charge in [0.25, 0.3) is 18.2 Å². The van der Waals surface area contributed by atoms with Crippen molar-refractivity contribution < 1.29 is 49.5 Å². The first-order chi connectivity index (χ1) is 20.3. The maximum Gasteiger partial charge on any atom is 0.291 e. The molecule has 4 aromatic heterocycles. The number of carbonyl (C=O) groups excluding carboxylic acids is 2. The van der Waals surface area contributed by atoms with E-state index in [1.54, 1.807) is 14.0 Å². The standard InChI is InChI=1S/C26H16F7N5O4S/c1-8-11(6-35-38(8)2)10-5-12(23(32)33)36-26-14(10)20(22(43-26)24(34)39)37-25(40)13-4-3-9(42-13)7-41-21-18(30)16(28)15(27)17(29)19(21)31/h3-6,23H,7H2,1-2H3,(H2,34,39)(H,37,40). The monoisotopic (exact) mass is 627 g/mol. The molecule has 4 heterocycles. The molecule has 0 aliphatic rings. The summed E-state index contributed by atoms with van der Waals surface area (Å²) in [5.74, 6) is -15.4. The molecular weight excluding hydrogens is 611 g/mol. The molecule has 5 aromatic rings. The Bertz CT molecular complexity index is 1910. The maximum absolute atomic E-state index is 13.9.